The lowest BCUT2D eigenvalue weighted by molar-refractivity contribution is -0.158. The van der Waals surface area contributed by atoms with Crippen LogP contribution in [0.15, 0.2) is 36.5 Å². The molecule has 9 heteroatoms. The van der Waals surface area contributed by atoms with Gasteiger partial charge >= 0.3 is 5.97 Å². The molecule has 8 nitrogen and oxygen atoms in total. The van der Waals surface area contributed by atoms with Crippen molar-refractivity contribution in [2.24, 2.45) is 5.92 Å². The van der Waals surface area contributed by atoms with Crippen molar-refractivity contribution in [2.75, 3.05) is 18.4 Å². The topological polar surface area (TPSA) is 93.5 Å². The van der Waals surface area contributed by atoms with Gasteiger partial charge in [0, 0.05) is 35.8 Å². The normalized spacial score (nSPS) is 15.6. The van der Waals surface area contributed by atoms with Gasteiger partial charge in [0.1, 0.15) is 5.82 Å². The second-order valence-corrected chi connectivity index (χ2v) is 8.33. The second-order valence-electron chi connectivity index (χ2n) is 7.90. The molecule has 1 aliphatic rings. The van der Waals surface area contributed by atoms with Crippen LogP contribution in [0.2, 0.25) is 5.02 Å². The number of halogens is 1. The zero-order valence-electron chi connectivity index (χ0n) is 17.9. The Morgan fingerprint density at radius 2 is 1.74 bits per heavy atom. The zero-order valence-corrected chi connectivity index (χ0v) is 18.6. The first-order valence-corrected chi connectivity index (χ1v) is 10.7. The van der Waals surface area contributed by atoms with Gasteiger partial charge in [-0.15, -0.1) is 0 Å². The number of anilines is 1. The van der Waals surface area contributed by atoms with Crippen molar-refractivity contribution in [3.63, 3.8) is 0 Å². The smallest absolute Gasteiger partial charge is 0.309 e. The molecule has 0 bridgehead atoms. The molecular formula is C22H27ClN4O4. The molecule has 1 fully saturated rings. The Morgan fingerprint density at radius 3 is 2.35 bits per heavy atom. The summed E-state index contributed by atoms with van der Waals surface area (Å²) in [5.74, 6) is -0.703. The van der Waals surface area contributed by atoms with Crippen LogP contribution in [0.3, 0.4) is 0 Å². The van der Waals surface area contributed by atoms with Crippen LogP contribution < -0.4 is 5.32 Å². The summed E-state index contributed by atoms with van der Waals surface area (Å²) in [7, 11) is 0. The van der Waals surface area contributed by atoms with E-state index in [4.69, 9.17) is 16.3 Å². The number of esters is 1. The van der Waals surface area contributed by atoms with E-state index < -0.39 is 18.0 Å². The van der Waals surface area contributed by atoms with E-state index in [1.807, 2.05) is 13.8 Å². The summed E-state index contributed by atoms with van der Waals surface area (Å²) < 4.78 is 7.08. The molecule has 3 rings (SSSR count). The average Bonchev–Trinajstić information content (AvgIpc) is 3.22. The van der Waals surface area contributed by atoms with Crippen molar-refractivity contribution < 1.29 is 19.1 Å². The van der Waals surface area contributed by atoms with Crippen molar-refractivity contribution in [1.29, 1.82) is 0 Å². The van der Waals surface area contributed by atoms with Crippen molar-refractivity contribution in [1.82, 2.24) is 14.7 Å². The zero-order chi connectivity index (χ0) is 22.5. The first kappa shape index (κ1) is 22.8. The van der Waals surface area contributed by atoms with Crippen LogP contribution in [0.1, 0.15) is 50.0 Å². The van der Waals surface area contributed by atoms with Gasteiger partial charge in [-0.25, -0.2) is 4.68 Å². The molecule has 1 aliphatic heterocycles. The largest absolute Gasteiger partial charge is 0.452 e. The van der Waals surface area contributed by atoms with Gasteiger partial charge in [0.25, 0.3) is 11.8 Å². The summed E-state index contributed by atoms with van der Waals surface area (Å²) >= 11 is 5.87. The fraction of sp³-hybridized carbons (Fsp3) is 0.455. The SMILES string of the molecule is CC(C)n1nccc1NC(=O)[C@H](C)OC(=O)C1CCN(C(=O)c2ccc(Cl)cc2)CC1. The molecule has 1 atom stereocenters. The third kappa shape index (κ3) is 5.64. The summed E-state index contributed by atoms with van der Waals surface area (Å²) in [5, 5.41) is 7.49. The maximum atomic E-state index is 12.6. The standard InChI is InChI=1S/C22H27ClN4O4/c1-14(2)27-19(8-11-24-27)25-20(28)15(3)31-22(30)17-9-12-26(13-10-17)21(29)16-4-6-18(23)7-5-16/h4-8,11,14-15,17H,9-10,12-13H2,1-3H3,(H,25,28)/t15-/m0/s1. The number of likely N-dealkylation sites (tertiary alicyclic amines) is 1. The fourth-order valence-electron chi connectivity index (χ4n) is 3.47. The van der Waals surface area contributed by atoms with Gasteiger partial charge in [-0.3, -0.25) is 14.4 Å². The maximum Gasteiger partial charge on any atom is 0.309 e. The van der Waals surface area contributed by atoms with E-state index >= 15 is 0 Å². The quantitative estimate of drug-likeness (QED) is 0.685. The highest BCUT2D eigenvalue weighted by molar-refractivity contribution is 6.30. The Labute approximate surface area is 186 Å². The molecule has 0 unspecified atom stereocenters. The second kappa shape index (κ2) is 9.96. The van der Waals surface area contributed by atoms with Crippen molar-refractivity contribution in [3.05, 3.63) is 47.1 Å². The molecule has 2 amide bonds. The molecule has 0 spiro atoms. The number of benzene rings is 1. The molecule has 1 N–H and O–H groups in total. The molecule has 2 heterocycles. The maximum absolute atomic E-state index is 12.6. The number of hydrogen-bond donors (Lipinski definition) is 1. The first-order valence-electron chi connectivity index (χ1n) is 10.4. The van der Waals surface area contributed by atoms with Gasteiger partial charge < -0.3 is 15.0 Å². The van der Waals surface area contributed by atoms with E-state index in [1.165, 1.54) is 0 Å². The van der Waals surface area contributed by atoms with E-state index in [0.717, 1.165) is 0 Å². The third-order valence-corrected chi connectivity index (χ3v) is 5.53. The van der Waals surface area contributed by atoms with E-state index in [2.05, 4.69) is 10.4 Å². The van der Waals surface area contributed by atoms with E-state index in [-0.39, 0.29) is 17.9 Å². The highest BCUT2D eigenvalue weighted by Crippen LogP contribution is 2.22. The van der Waals surface area contributed by atoms with Gasteiger partial charge in [0.05, 0.1) is 12.1 Å². The summed E-state index contributed by atoms with van der Waals surface area (Å²) in [5.41, 5.74) is 0.566. The summed E-state index contributed by atoms with van der Waals surface area (Å²) in [4.78, 5) is 39.3. The van der Waals surface area contributed by atoms with Gasteiger partial charge in [-0.2, -0.15) is 5.10 Å². The monoisotopic (exact) mass is 446 g/mol. The Bertz CT molecular complexity index is 933. The molecule has 0 radical (unpaired) electrons. The Balaban J connectivity index is 1.49. The van der Waals surface area contributed by atoms with Crippen molar-refractivity contribution in [2.45, 2.75) is 45.8 Å². The van der Waals surface area contributed by atoms with Gasteiger partial charge in [-0.05, 0) is 57.9 Å². The summed E-state index contributed by atoms with van der Waals surface area (Å²) in [6.45, 7) is 6.36. The van der Waals surface area contributed by atoms with E-state index in [9.17, 15) is 14.4 Å². The number of rotatable bonds is 6. The predicted molar refractivity (Wildman–Crippen MR) is 117 cm³/mol. The number of ether oxygens (including phenoxy) is 1. The number of nitrogens with one attached hydrogen (secondary N) is 1. The molecule has 0 saturated carbocycles. The minimum Gasteiger partial charge on any atom is -0.452 e. The number of nitrogens with zero attached hydrogens (tertiary/aromatic N) is 3. The lowest BCUT2D eigenvalue weighted by atomic mass is 9.96. The van der Waals surface area contributed by atoms with Gasteiger partial charge in [0.2, 0.25) is 0 Å². The van der Waals surface area contributed by atoms with Gasteiger partial charge in [0.15, 0.2) is 6.10 Å². The van der Waals surface area contributed by atoms with E-state index in [0.29, 0.717) is 42.3 Å². The fourth-order valence-corrected chi connectivity index (χ4v) is 3.60. The van der Waals surface area contributed by atoms with Crippen LogP contribution >= 0.6 is 11.6 Å². The molecule has 2 aromatic rings. The molecule has 166 valence electrons. The molecule has 1 aromatic heterocycles. The lowest BCUT2D eigenvalue weighted by Crippen LogP contribution is -2.41. The number of piperidine rings is 1. The Kier molecular flexibility index (Phi) is 7.33. The molecule has 0 aliphatic carbocycles. The minimum absolute atomic E-state index is 0.0852. The first-order chi connectivity index (χ1) is 14.8. The molecule has 1 saturated heterocycles. The molecular weight excluding hydrogens is 420 g/mol. The summed E-state index contributed by atoms with van der Waals surface area (Å²) in [6.07, 6.45) is 1.65. The molecule has 31 heavy (non-hydrogen) atoms. The molecule has 1 aromatic carbocycles. The van der Waals surface area contributed by atoms with Crippen LogP contribution in [0, 0.1) is 5.92 Å². The van der Waals surface area contributed by atoms with Gasteiger partial charge in [-0.1, -0.05) is 11.6 Å². The number of amides is 2. The Hall–Kier alpha value is -2.87. The highest BCUT2D eigenvalue weighted by atomic mass is 35.5. The summed E-state index contributed by atoms with van der Waals surface area (Å²) in [6, 6.07) is 8.52. The number of aromatic nitrogens is 2. The Morgan fingerprint density at radius 1 is 1.10 bits per heavy atom. The lowest BCUT2D eigenvalue weighted by Gasteiger charge is -2.31. The predicted octanol–water partition coefficient (Wildman–Crippen LogP) is 3.54. The average molecular weight is 447 g/mol. The number of carbonyl (C=O) groups excluding carboxylic acids is 3. The van der Waals surface area contributed by atoms with Crippen LogP contribution in [0.25, 0.3) is 0 Å². The van der Waals surface area contributed by atoms with Crippen LogP contribution in [-0.2, 0) is 14.3 Å². The van der Waals surface area contributed by atoms with Crippen molar-refractivity contribution >= 4 is 35.2 Å². The van der Waals surface area contributed by atoms with E-state index in [1.54, 1.807) is 53.0 Å². The highest BCUT2D eigenvalue weighted by Gasteiger charge is 2.31. The third-order valence-electron chi connectivity index (χ3n) is 5.28. The van der Waals surface area contributed by atoms with Crippen LogP contribution in [-0.4, -0.2) is 51.7 Å². The van der Waals surface area contributed by atoms with Crippen LogP contribution in [0.4, 0.5) is 5.82 Å². The van der Waals surface area contributed by atoms with Crippen molar-refractivity contribution in [3.8, 4) is 0 Å². The number of hydrogen-bond acceptors (Lipinski definition) is 5. The number of carbonyl (C=O) groups is 3. The minimum atomic E-state index is -0.934. The van der Waals surface area contributed by atoms with Crippen LogP contribution in [0.5, 0.6) is 0 Å².